The summed E-state index contributed by atoms with van der Waals surface area (Å²) in [6.45, 7) is 5.12. The van der Waals surface area contributed by atoms with E-state index in [1.165, 1.54) is 0 Å². The number of aldehydes is 1. The smallest absolute Gasteiger partial charge is 0.168 e. The molecule has 68 valence electrons. The fraction of sp³-hybridized carbons (Fsp3) is 0.400. The lowest BCUT2D eigenvalue weighted by molar-refractivity contribution is 0.111. The average molecular weight is 176 g/mol. The molecule has 3 heteroatoms. The fourth-order valence-corrected chi connectivity index (χ4v) is 1.60. The first kappa shape index (κ1) is 8.23. The van der Waals surface area contributed by atoms with Crippen molar-refractivity contribution in [1.82, 2.24) is 4.98 Å². The number of fused-ring (bicyclic) bond motifs is 1. The van der Waals surface area contributed by atoms with Crippen LogP contribution >= 0.6 is 0 Å². The van der Waals surface area contributed by atoms with E-state index in [0.29, 0.717) is 5.69 Å². The van der Waals surface area contributed by atoms with Crippen molar-refractivity contribution in [2.24, 2.45) is 0 Å². The Labute approximate surface area is 77.2 Å². The van der Waals surface area contributed by atoms with Crippen molar-refractivity contribution in [3.05, 3.63) is 23.5 Å². The molecule has 0 fully saturated rings. The Bertz CT molecular complexity index is 358. The van der Waals surface area contributed by atoms with Crippen molar-refractivity contribution in [2.45, 2.75) is 19.3 Å². The van der Waals surface area contributed by atoms with Gasteiger partial charge in [0.15, 0.2) is 6.29 Å². The molecule has 0 saturated carbocycles. The highest BCUT2D eigenvalue weighted by Crippen LogP contribution is 2.34. The number of carbonyl (C=O) groups is 1. The van der Waals surface area contributed by atoms with Crippen LogP contribution < -0.4 is 5.32 Å². The molecule has 0 radical (unpaired) electrons. The van der Waals surface area contributed by atoms with E-state index in [4.69, 9.17) is 0 Å². The van der Waals surface area contributed by atoms with Gasteiger partial charge in [0, 0.05) is 12.0 Å². The van der Waals surface area contributed by atoms with Gasteiger partial charge in [-0.3, -0.25) is 4.79 Å². The minimum atomic E-state index is 0.0361. The Morgan fingerprint density at radius 3 is 3.00 bits per heavy atom. The lowest BCUT2D eigenvalue weighted by atomic mass is 9.91. The number of rotatable bonds is 1. The summed E-state index contributed by atoms with van der Waals surface area (Å²) in [6.07, 6.45) is 0.786. The Morgan fingerprint density at radius 2 is 2.31 bits per heavy atom. The van der Waals surface area contributed by atoms with E-state index in [2.05, 4.69) is 24.1 Å². The molecular weight excluding hydrogens is 164 g/mol. The summed E-state index contributed by atoms with van der Waals surface area (Å²) in [4.78, 5) is 14.8. The SMILES string of the molecule is CC1(C)CNc2ccc(C=O)nc21. The molecule has 0 unspecified atom stereocenters. The van der Waals surface area contributed by atoms with Gasteiger partial charge in [-0.25, -0.2) is 4.98 Å². The van der Waals surface area contributed by atoms with E-state index in [9.17, 15) is 4.79 Å². The van der Waals surface area contributed by atoms with Gasteiger partial charge in [0.25, 0.3) is 0 Å². The zero-order valence-corrected chi connectivity index (χ0v) is 7.79. The molecule has 2 rings (SSSR count). The first-order chi connectivity index (χ1) is 6.13. The summed E-state index contributed by atoms with van der Waals surface area (Å²) in [5.74, 6) is 0. The highest BCUT2D eigenvalue weighted by molar-refractivity contribution is 5.73. The topological polar surface area (TPSA) is 42.0 Å². The minimum absolute atomic E-state index is 0.0361. The average Bonchev–Trinajstić information content (AvgIpc) is 2.42. The van der Waals surface area contributed by atoms with Crippen molar-refractivity contribution in [3.8, 4) is 0 Å². The second-order valence-electron chi connectivity index (χ2n) is 3.99. The van der Waals surface area contributed by atoms with Crippen LogP contribution in [-0.2, 0) is 5.41 Å². The van der Waals surface area contributed by atoms with Gasteiger partial charge in [-0.05, 0) is 12.1 Å². The van der Waals surface area contributed by atoms with E-state index in [1.807, 2.05) is 6.07 Å². The molecular formula is C10H12N2O. The van der Waals surface area contributed by atoms with Crippen LogP contribution in [0, 0.1) is 0 Å². The van der Waals surface area contributed by atoms with E-state index < -0.39 is 0 Å². The van der Waals surface area contributed by atoms with Crippen LogP contribution in [0.25, 0.3) is 0 Å². The number of anilines is 1. The van der Waals surface area contributed by atoms with Crippen molar-refractivity contribution in [3.63, 3.8) is 0 Å². The maximum atomic E-state index is 10.5. The van der Waals surface area contributed by atoms with Crippen molar-refractivity contribution in [1.29, 1.82) is 0 Å². The lowest BCUT2D eigenvalue weighted by Crippen LogP contribution is -2.20. The second-order valence-corrected chi connectivity index (χ2v) is 3.99. The number of carbonyl (C=O) groups excluding carboxylic acids is 1. The van der Waals surface area contributed by atoms with Gasteiger partial charge in [0.1, 0.15) is 5.69 Å². The Morgan fingerprint density at radius 1 is 1.54 bits per heavy atom. The van der Waals surface area contributed by atoms with Gasteiger partial charge in [-0.1, -0.05) is 13.8 Å². The zero-order valence-electron chi connectivity index (χ0n) is 7.79. The quantitative estimate of drug-likeness (QED) is 0.661. The molecule has 0 saturated heterocycles. The zero-order chi connectivity index (χ0) is 9.47. The largest absolute Gasteiger partial charge is 0.383 e. The summed E-state index contributed by atoms with van der Waals surface area (Å²) in [7, 11) is 0. The van der Waals surface area contributed by atoms with E-state index in [-0.39, 0.29) is 5.41 Å². The molecule has 0 amide bonds. The molecule has 0 bridgehead atoms. The van der Waals surface area contributed by atoms with Crippen molar-refractivity contribution < 1.29 is 4.79 Å². The number of nitrogens with one attached hydrogen (secondary N) is 1. The summed E-state index contributed by atoms with van der Waals surface area (Å²) in [6, 6.07) is 3.65. The summed E-state index contributed by atoms with van der Waals surface area (Å²) in [5, 5.41) is 3.26. The number of hydrogen-bond donors (Lipinski definition) is 1. The van der Waals surface area contributed by atoms with E-state index in [1.54, 1.807) is 6.07 Å². The minimum Gasteiger partial charge on any atom is -0.383 e. The van der Waals surface area contributed by atoms with Crippen molar-refractivity contribution in [2.75, 3.05) is 11.9 Å². The molecule has 3 nitrogen and oxygen atoms in total. The molecule has 1 aliphatic rings. The van der Waals surface area contributed by atoms with Crippen LogP contribution in [0.4, 0.5) is 5.69 Å². The summed E-state index contributed by atoms with van der Waals surface area (Å²) >= 11 is 0. The van der Waals surface area contributed by atoms with E-state index in [0.717, 1.165) is 24.2 Å². The number of hydrogen-bond acceptors (Lipinski definition) is 3. The first-order valence-electron chi connectivity index (χ1n) is 4.34. The second kappa shape index (κ2) is 2.55. The summed E-state index contributed by atoms with van der Waals surface area (Å²) < 4.78 is 0. The predicted octanol–water partition coefficient (Wildman–Crippen LogP) is 1.60. The van der Waals surface area contributed by atoms with E-state index >= 15 is 0 Å². The molecule has 1 N–H and O–H groups in total. The molecule has 0 spiro atoms. The third kappa shape index (κ3) is 1.20. The van der Waals surface area contributed by atoms with Crippen LogP contribution in [0.5, 0.6) is 0 Å². The predicted molar refractivity (Wildman–Crippen MR) is 51.1 cm³/mol. The molecule has 0 aliphatic carbocycles. The molecule has 1 aliphatic heterocycles. The first-order valence-corrected chi connectivity index (χ1v) is 4.34. The molecule has 1 aromatic heterocycles. The third-order valence-corrected chi connectivity index (χ3v) is 2.40. The maximum Gasteiger partial charge on any atom is 0.168 e. The van der Waals surface area contributed by atoms with Crippen LogP contribution in [0.15, 0.2) is 12.1 Å². The van der Waals surface area contributed by atoms with Crippen LogP contribution in [0.3, 0.4) is 0 Å². The van der Waals surface area contributed by atoms with Crippen LogP contribution in [0.2, 0.25) is 0 Å². The number of pyridine rings is 1. The maximum absolute atomic E-state index is 10.5. The Kier molecular flexibility index (Phi) is 1.62. The standard InChI is InChI=1S/C10H12N2O/c1-10(2)6-11-8-4-3-7(5-13)12-9(8)10/h3-5,11H,6H2,1-2H3. The van der Waals surface area contributed by atoms with Gasteiger partial charge < -0.3 is 5.32 Å². The number of aromatic nitrogens is 1. The lowest BCUT2D eigenvalue weighted by Gasteiger charge is -2.15. The third-order valence-electron chi connectivity index (χ3n) is 2.40. The van der Waals surface area contributed by atoms with Gasteiger partial charge in [0.2, 0.25) is 0 Å². The fourth-order valence-electron chi connectivity index (χ4n) is 1.60. The monoisotopic (exact) mass is 176 g/mol. The highest BCUT2D eigenvalue weighted by atomic mass is 16.1. The molecule has 0 aromatic carbocycles. The van der Waals surface area contributed by atoms with Gasteiger partial charge in [0.05, 0.1) is 11.4 Å². The molecule has 1 aromatic rings. The van der Waals surface area contributed by atoms with Gasteiger partial charge >= 0.3 is 0 Å². The Balaban J connectivity index is 2.55. The van der Waals surface area contributed by atoms with Crippen LogP contribution in [0.1, 0.15) is 30.0 Å². The van der Waals surface area contributed by atoms with Crippen LogP contribution in [-0.4, -0.2) is 17.8 Å². The number of nitrogens with zero attached hydrogens (tertiary/aromatic N) is 1. The van der Waals surface area contributed by atoms with Crippen molar-refractivity contribution >= 4 is 12.0 Å². The normalized spacial score (nSPS) is 17.7. The van der Waals surface area contributed by atoms with Gasteiger partial charge in [-0.15, -0.1) is 0 Å². The highest BCUT2D eigenvalue weighted by Gasteiger charge is 2.31. The Hall–Kier alpha value is -1.38. The summed E-state index contributed by atoms with van der Waals surface area (Å²) in [5.41, 5.74) is 2.59. The van der Waals surface area contributed by atoms with Gasteiger partial charge in [-0.2, -0.15) is 0 Å². The molecule has 13 heavy (non-hydrogen) atoms. The molecule has 0 atom stereocenters. The molecule has 2 heterocycles.